The minimum atomic E-state index is -0.0907. The van der Waals surface area contributed by atoms with Crippen LogP contribution in [0.25, 0.3) is 0 Å². The molecule has 0 aromatic rings. The summed E-state index contributed by atoms with van der Waals surface area (Å²) in [5.41, 5.74) is 0. The van der Waals surface area contributed by atoms with Gasteiger partial charge in [0.2, 0.25) is 5.91 Å². The number of amides is 1. The molecule has 1 N–H and O–H groups in total. The fraction of sp³-hybridized carbons (Fsp3) is 0.769. The Bertz CT molecular complexity index is 248. The summed E-state index contributed by atoms with van der Waals surface area (Å²) in [5.74, 6) is 0.537. The van der Waals surface area contributed by atoms with E-state index >= 15 is 0 Å². The lowest BCUT2D eigenvalue weighted by atomic mass is 10.0. The molecule has 1 atom stereocenters. The van der Waals surface area contributed by atoms with Crippen molar-refractivity contribution in [3.8, 4) is 0 Å². The van der Waals surface area contributed by atoms with E-state index in [0.29, 0.717) is 18.5 Å². The second-order valence-electron chi connectivity index (χ2n) is 4.88. The molecular formula is C13H24N2O2. The van der Waals surface area contributed by atoms with Crippen molar-refractivity contribution in [2.75, 3.05) is 32.8 Å². The van der Waals surface area contributed by atoms with Gasteiger partial charge in [0.15, 0.2) is 0 Å². The Balaban J connectivity index is 2.46. The van der Waals surface area contributed by atoms with E-state index in [2.05, 4.69) is 30.6 Å². The highest BCUT2D eigenvalue weighted by atomic mass is 16.5. The van der Waals surface area contributed by atoms with Crippen LogP contribution >= 0.6 is 0 Å². The van der Waals surface area contributed by atoms with Crippen molar-refractivity contribution in [1.29, 1.82) is 0 Å². The van der Waals surface area contributed by atoms with Gasteiger partial charge in [-0.2, -0.15) is 0 Å². The summed E-state index contributed by atoms with van der Waals surface area (Å²) < 4.78 is 5.36. The van der Waals surface area contributed by atoms with E-state index < -0.39 is 0 Å². The molecule has 1 unspecified atom stereocenters. The largest absolute Gasteiger partial charge is 0.379 e. The van der Waals surface area contributed by atoms with Gasteiger partial charge in [0, 0.05) is 25.7 Å². The monoisotopic (exact) mass is 240 g/mol. The van der Waals surface area contributed by atoms with Gasteiger partial charge in [-0.05, 0) is 18.4 Å². The number of hydrogen-bond donors (Lipinski definition) is 1. The summed E-state index contributed by atoms with van der Waals surface area (Å²) >= 11 is 0. The topological polar surface area (TPSA) is 41.6 Å². The van der Waals surface area contributed by atoms with Crippen LogP contribution in [-0.2, 0) is 9.53 Å². The second kappa shape index (κ2) is 7.45. The third-order valence-electron chi connectivity index (χ3n) is 3.00. The third-order valence-corrected chi connectivity index (χ3v) is 3.00. The predicted molar refractivity (Wildman–Crippen MR) is 68.8 cm³/mol. The maximum atomic E-state index is 11.2. The number of rotatable bonds is 6. The van der Waals surface area contributed by atoms with Gasteiger partial charge in [0.25, 0.3) is 0 Å². The first-order chi connectivity index (χ1) is 8.13. The molecule has 1 rings (SSSR count). The van der Waals surface area contributed by atoms with Crippen molar-refractivity contribution in [3.63, 3.8) is 0 Å². The summed E-state index contributed by atoms with van der Waals surface area (Å²) in [6, 6.07) is 0.405. The molecule has 1 fully saturated rings. The highest BCUT2D eigenvalue weighted by Crippen LogP contribution is 2.12. The number of hydrogen-bond acceptors (Lipinski definition) is 3. The summed E-state index contributed by atoms with van der Waals surface area (Å²) in [6.45, 7) is 12.1. The molecule has 0 radical (unpaired) electrons. The van der Waals surface area contributed by atoms with Crippen molar-refractivity contribution in [1.82, 2.24) is 10.2 Å². The molecule has 1 saturated heterocycles. The zero-order chi connectivity index (χ0) is 12.7. The summed E-state index contributed by atoms with van der Waals surface area (Å²) in [4.78, 5) is 13.6. The molecule has 0 aromatic carbocycles. The van der Waals surface area contributed by atoms with E-state index in [-0.39, 0.29) is 5.91 Å². The molecule has 17 heavy (non-hydrogen) atoms. The first-order valence-electron chi connectivity index (χ1n) is 6.35. The molecule has 0 aromatic heterocycles. The Morgan fingerprint density at radius 2 is 2.12 bits per heavy atom. The van der Waals surface area contributed by atoms with Crippen LogP contribution in [0.4, 0.5) is 0 Å². The van der Waals surface area contributed by atoms with Gasteiger partial charge in [-0.15, -0.1) is 0 Å². The molecule has 1 amide bonds. The van der Waals surface area contributed by atoms with Crippen molar-refractivity contribution in [2.24, 2.45) is 5.92 Å². The Labute approximate surface area is 104 Å². The van der Waals surface area contributed by atoms with E-state index in [0.717, 1.165) is 32.7 Å². The quantitative estimate of drug-likeness (QED) is 0.705. The van der Waals surface area contributed by atoms with Gasteiger partial charge in [-0.3, -0.25) is 9.69 Å². The third kappa shape index (κ3) is 5.33. The highest BCUT2D eigenvalue weighted by molar-refractivity contribution is 5.86. The van der Waals surface area contributed by atoms with Gasteiger partial charge in [0.1, 0.15) is 0 Å². The predicted octanol–water partition coefficient (Wildman–Crippen LogP) is 1.04. The number of carbonyl (C=O) groups is 1. The summed E-state index contributed by atoms with van der Waals surface area (Å²) in [5, 5.41) is 2.90. The van der Waals surface area contributed by atoms with E-state index in [4.69, 9.17) is 4.74 Å². The highest BCUT2D eigenvalue weighted by Gasteiger charge is 2.21. The average Bonchev–Trinajstić information content (AvgIpc) is 2.34. The van der Waals surface area contributed by atoms with E-state index in [1.165, 1.54) is 6.08 Å². The lowest BCUT2D eigenvalue weighted by Gasteiger charge is -2.35. The van der Waals surface area contributed by atoms with Gasteiger partial charge in [-0.25, -0.2) is 0 Å². The molecule has 1 aliphatic rings. The number of ether oxygens (including phenoxy) is 1. The Morgan fingerprint density at radius 3 is 2.65 bits per heavy atom. The molecule has 0 spiro atoms. The normalized spacial score (nSPS) is 19.0. The molecule has 0 aliphatic carbocycles. The fourth-order valence-corrected chi connectivity index (χ4v) is 2.14. The van der Waals surface area contributed by atoms with Crippen LogP contribution in [0.15, 0.2) is 12.7 Å². The van der Waals surface area contributed by atoms with Crippen molar-refractivity contribution < 1.29 is 9.53 Å². The summed E-state index contributed by atoms with van der Waals surface area (Å²) in [7, 11) is 0. The Kier molecular flexibility index (Phi) is 6.22. The van der Waals surface area contributed by atoms with Gasteiger partial charge >= 0.3 is 0 Å². The van der Waals surface area contributed by atoms with E-state index in [1.807, 2.05) is 0 Å². The summed E-state index contributed by atoms with van der Waals surface area (Å²) in [6.07, 6.45) is 2.42. The van der Waals surface area contributed by atoms with Gasteiger partial charge in [-0.1, -0.05) is 20.4 Å². The zero-order valence-electron chi connectivity index (χ0n) is 10.9. The van der Waals surface area contributed by atoms with Crippen LogP contribution < -0.4 is 5.32 Å². The second-order valence-corrected chi connectivity index (χ2v) is 4.88. The Morgan fingerprint density at radius 1 is 1.47 bits per heavy atom. The molecular weight excluding hydrogens is 216 g/mol. The average molecular weight is 240 g/mol. The molecule has 1 aliphatic heterocycles. The van der Waals surface area contributed by atoms with Crippen LogP contribution in [0.5, 0.6) is 0 Å². The SMILES string of the molecule is C=CC(=O)NCC(CC(C)C)N1CCOCC1. The van der Waals surface area contributed by atoms with Crippen LogP contribution in [0.3, 0.4) is 0 Å². The van der Waals surface area contributed by atoms with Gasteiger partial charge in [0.05, 0.1) is 13.2 Å². The standard InChI is InChI=1S/C13H24N2O2/c1-4-13(16)14-10-12(9-11(2)3)15-5-7-17-8-6-15/h4,11-12H,1,5-10H2,2-3H3,(H,14,16). The number of morpholine rings is 1. The fourth-order valence-electron chi connectivity index (χ4n) is 2.14. The maximum Gasteiger partial charge on any atom is 0.243 e. The molecule has 0 saturated carbocycles. The van der Waals surface area contributed by atoms with Gasteiger partial charge < -0.3 is 10.1 Å². The van der Waals surface area contributed by atoms with Crippen LogP contribution in [0, 0.1) is 5.92 Å². The smallest absolute Gasteiger partial charge is 0.243 e. The number of carbonyl (C=O) groups excluding carboxylic acids is 1. The maximum absolute atomic E-state index is 11.2. The molecule has 4 heteroatoms. The molecule has 4 nitrogen and oxygen atoms in total. The first-order valence-corrected chi connectivity index (χ1v) is 6.35. The van der Waals surface area contributed by atoms with Crippen molar-refractivity contribution in [2.45, 2.75) is 26.3 Å². The zero-order valence-corrected chi connectivity index (χ0v) is 10.9. The lowest BCUT2D eigenvalue weighted by molar-refractivity contribution is -0.116. The lowest BCUT2D eigenvalue weighted by Crippen LogP contribution is -2.49. The van der Waals surface area contributed by atoms with E-state index in [1.54, 1.807) is 0 Å². The molecule has 0 bridgehead atoms. The minimum Gasteiger partial charge on any atom is -0.379 e. The van der Waals surface area contributed by atoms with Crippen molar-refractivity contribution >= 4 is 5.91 Å². The van der Waals surface area contributed by atoms with Crippen LogP contribution in [0.1, 0.15) is 20.3 Å². The van der Waals surface area contributed by atoms with E-state index in [9.17, 15) is 4.79 Å². The number of nitrogens with one attached hydrogen (secondary N) is 1. The molecule has 98 valence electrons. The van der Waals surface area contributed by atoms with Crippen LogP contribution in [-0.4, -0.2) is 49.7 Å². The molecule has 1 heterocycles. The van der Waals surface area contributed by atoms with Crippen molar-refractivity contribution in [3.05, 3.63) is 12.7 Å². The number of nitrogens with zero attached hydrogens (tertiary/aromatic N) is 1. The Hall–Kier alpha value is -0.870. The minimum absolute atomic E-state index is 0.0907. The van der Waals surface area contributed by atoms with Crippen LogP contribution in [0.2, 0.25) is 0 Å². The first kappa shape index (κ1) is 14.2.